The fourth-order valence-corrected chi connectivity index (χ4v) is 3.02. The molecule has 0 amide bonds. The van der Waals surface area contributed by atoms with Crippen LogP contribution in [0.1, 0.15) is 26.7 Å². The van der Waals surface area contributed by atoms with E-state index in [1.165, 1.54) is 4.90 Å². The summed E-state index contributed by atoms with van der Waals surface area (Å²) in [7, 11) is 0. The number of nitrogens with zero attached hydrogens (tertiary/aromatic N) is 5. The number of esters is 2. The Kier molecular flexibility index (Phi) is 8.83. The molecule has 0 saturated heterocycles. The molecular weight excluding hydrogens is 386 g/mol. The van der Waals surface area contributed by atoms with Gasteiger partial charge >= 0.3 is 11.9 Å². The van der Waals surface area contributed by atoms with Gasteiger partial charge < -0.3 is 14.4 Å². The van der Waals surface area contributed by atoms with Crippen molar-refractivity contribution in [3.63, 3.8) is 0 Å². The van der Waals surface area contributed by atoms with E-state index in [1.54, 1.807) is 6.07 Å². The Bertz CT molecular complexity index is 932. The first-order valence-electron chi connectivity index (χ1n) is 8.96. The van der Waals surface area contributed by atoms with Crippen molar-refractivity contribution in [1.29, 1.82) is 21.0 Å². The third-order valence-corrected chi connectivity index (χ3v) is 4.25. The van der Waals surface area contributed by atoms with Crippen molar-refractivity contribution >= 4 is 11.9 Å². The molecule has 0 heterocycles. The van der Waals surface area contributed by atoms with Gasteiger partial charge in [0.1, 0.15) is 44.0 Å². The summed E-state index contributed by atoms with van der Waals surface area (Å²) in [6, 6.07) is 7.75. The van der Waals surface area contributed by atoms with E-state index in [-0.39, 0.29) is 49.4 Å². The number of hydrogen-bond donors (Lipinski definition) is 0. The first kappa shape index (κ1) is 24.0. The minimum Gasteiger partial charge on any atom is -0.459 e. The summed E-state index contributed by atoms with van der Waals surface area (Å²) in [4.78, 5) is 25.0. The Morgan fingerprint density at radius 1 is 1.10 bits per heavy atom. The molecule has 9 heteroatoms. The minimum absolute atomic E-state index is 0.0893. The van der Waals surface area contributed by atoms with Crippen molar-refractivity contribution in [1.82, 2.24) is 4.90 Å². The summed E-state index contributed by atoms with van der Waals surface area (Å²) < 4.78 is 9.73. The lowest BCUT2D eigenvalue weighted by atomic mass is 9.72. The number of carbonyl (C=O) groups excluding carboxylic acids is 2. The second-order valence-electron chi connectivity index (χ2n) is 7.10. The Labute approximate surface area is 175 Å². The molecule has 0 unspecified atom stereocenters. The molecule has 0 radical (unpaired) electrons. The SMILES string of the molecule is C=CC(=O)OCCOC(=O)/C(C#N)=C1/CC(C)(C)CC(N(CC#N)CC#N)=C1C#N. The van der Waals surface area contributed by atoms with Gasteiger partial charge in [-0.3, -0.25) is 0 Å². The molecular formula is C21H21N5O4. The van der Waals surface area contributed by atoms with Gasteiger partial charge in [0.25, 0.3) is 0 Å². The van der Waals surface area contributed by atoms with Crippen molar-refractivity contribution in [2.75, 3.05) is 26.3 Å². The average molecular weight is 407 g/mol. The van der Waals surface area contributed by atoms with Crippen molar-refractivity contribution in [2.24, 2.45) is 5.41 Å². The number of allylic oxidation sites excluding steroid dienone is 3. The van der Waals surface area contributed by atoms with Gasteiger partial charge in [0.05, 0.1) is 17.7 Å². The molecule has 154 valence electrons. The van der Waals surface area contributed by atoms with Crippen LogP contribution in [-0.4, -0.2) is 43.1 Å². The highest BCUT2D eigenvalue weighted by atomic mass is 16.6. The second-order valence-corrected chi connectivity index (χ2v) is 7.10. The maximum Gasteiger partial charge on any atom is 0.349 e. The molecule has 0 aliphatic heterocycles. The molecule has 0 aromatic carbocycles. The number of hydrogen-bond acceptors (Lipinski definition) is 9. The van der Waals surface area contributed by atoms with E-state index in [1.807, 2.05) is 32.1 Å². The quantitative estimate of drug-likeness (QED) is 0.193. The van der Waals surface area contributed by atoms with E-state index in [0.29, 0.717) is 12.1 Å². The molecule has 0 bridgehead atoms. The first-order valence-corrected chi connectivity index (χ1v) is 8.96. The van der Waals surface area contributed by atoms with Crippen LogP contribution in [0.15, 0.2) is 35.1 Å². The van der Waals surface area contributed by atoms with Crippen LogP contribution in [0.5, 0.6) is 0 Å². The van der Waals surface area contributed by atoms with Crippen molar-refractivity contribution in [3.8, 4) is 24.3 Å². The number of nitriles is 4. The van der Waals surface area contributed by atoms with E-state index in [0.717, 1.165) is 6.08 Å². The topological polar surface area (TPSA) is 151 Å². The van der Waals surface area contributed by atoms with E-state index in [2.05, 4.69) is 6.58 Å². The second kappa shape index (κ2) is 11.1. The lowest BCUT2D eigenvalue weighted by molar-refractivity contribution is -0.146. The highest BCUT2D eigenvalue weighted by molar-refractivity contribution is 5.95. The predicted molar refractivity (Wildman–Crippen MR) is 103 cm³/mol. The molecule has 1 rings (SSSR count). The fourth-order valence-electron chi connectivity index (χ4n) is 3.02. The molecule has 0 saturated carbocycles. The van der Waals surface area contributed by atoms with Gasteiger partial charge in [-0.05, 0) is 23.8 Å². The number of carbonyl (C=O) groups is 2. The monoisotopic (exact) mass is 407 g/mol. The smallest absolute Gasteiger partial charge is 0.349 e. The number of ether oxygens (including phenoxy) is 2. The van der Waals surface area contributed by atoms with Crippen LogP contribution in [0, 0.1) is 50.7 Å². The summed E-state index contributed by atoms with van der Waals surface area (Å²) >= 11 is 0. The molecule has 9 nitrogen and oxygen atoms in total. The van der Waals surface area contributed by atoms with Gasteiger partial charge in [0.15, 0.2) is 0 Å². The lowest BCUT2D eigenvalue weighted by Gasteiger charge is -2.37. The van der Waals surface area contributed by atoms with E-state index in [4.69, 9.17) is 20.0 Å². The zero-order valence-electron chi connectivity index (χ0n) is 16.9. The van der Waals surface area contributed by atoms with E-state index >= 15 is 0 Å². The highest BCUT2D eigenvalue weighted by Gasteiger charge is 2.36. The van der Waals surface area contributed by atoms with Gasteiger partial charge in [-0.1, -0.05) is 20.4 Å². The molecule has 0 N–H and O–H groups in total. The molecule has 0 aromatic rings. The van der Waals surface area contributed by atoms with Crippen LogP contribution in [0.2, 0.25) is 0 Å². The summed E-state index contributed by atoms with van der Waals surface area (Å²) in [5, 5.41) is 37.5. The van der Waals surface area contributed by atoms with Crippen molar-refractivity contribution in [3.05, 3.63) is 35.1 Å². The maximum atomic E-state index is 12.5. The number of rotatable bonds is 8. The Morgan fingerprint density at radius 3 is 2.20 bits per heavy atom. The van der Waals surface area contributed by atoms with Crippen LogP contribution < -0.4 is 0 Å². The van der Waals surface area contributed by atoms with Crippen LogP contribution >= 0.6 is 0 Å². The third-order valence-electron chi connectivity index (χ3n) is 4.25. The molecule has 1 aliphatic carbocycles. The summed E-state index contributed by atoms with van der Waals surface area (Å²) in [6.45, 7) is 6.33. The zero-order valence-corrected chi connectivity index (χ0v) is 16.9. The van der Waals surface area contributed by atoms with Gasteiger partial charge in [0.2, 0.25) is 0 Å². The van der Waals surface area contributed by atoms with Crippen LogP contribution in [0.25, 0.3) is 0 Å². The fraction of sp³-hybridized carbons (Fsp3) is 0.429. The van der Waals surface area contributed by atoms with Gasteiger partial charge in [-0.2, -0.15) is 21.0 Å². The van der Waals surface area contributed by atoms with E-state index in [9.17, 15) is 20.1 Å². The van der Waals surface area contributed by atoms with Crippen LogP contribution in [-0.2, 0) is 19.1 Å². The maximum absolute atomic E-state index is 12.5. The van der Waals surface area contributed by atoms with Gasteiger partial charge in [-0.25, -0.2) is 9.59 Å². The Hall–Kier alpha value is -4.08. The molecule has 0 aromatic heterocycles. The minimum atomic E-state index is -0.945. The molecule has 30 heavy (non-hydrogen) atoms. The lowest BCUT2D eigenvalue weighted by Crippen LogP contribution is -2.33. The normalized spacial score (nSPS) is 16.1. The third kappa shape index (κ3) is 6.23. The summed E-state index contributed by atoms with van der Waals surface area (Å²) in [5.74, 6) is -1.62. The van der Waals surface area contributed by atoms with E-state index < -0.39 is 17.4 Å². The summed E-state index contributed by atoms with van der Waals surface area (Å²) in [5.41, 5.74) is -0.0320. The van der Waals surface area contributed by atoms with Crippen molar-refractivity contribution < 1.29 is 19.1 Å². The molecule has 0 spiro atoms. The van der Waals surface area contributed by atoms with Crippen LogP contribution in [0.4, 0.5) is 0 Å². The highest BCUT2D eigenvalue weighted by Crippen LogP contribution is 2.44. The first-order chi connectivity index (χ1) is 14.2. The Balaban J connectivity index is 3.35. The van der Waals surface area contributed by atoms with Gasteiger partial charge in [-0.15, -0.1) is 0 Å². The zero-order chi connectivity index (χ0) is 22.7. The molecule has 0 fully saturated rings. The Morgan fingerprint density at radius 2 is 1.70 bits per heavy atom. The summed E-state index contributed by atoms with van der Waals surface area (Å²) in [6.07, 6.45) is 1.62. The largest absolute Gasteiger partial charge is 0.459 e. The van der Waals surface area contributed by atoms with Gasteiger partial charge in [0, 0.05) is 11.8 Å². The van der Waals surface area contributed by atoms with Crippen molar-refractivity contribution in [2.45, 2.75) is 26.7 Å². The average Bonchev–Trinajstić information content (AvgIpc) is 2.70. The standard InChI is InChI=1S/C21H21N5O4/c1-4-19(27)29-9-10-30-20(28)17(14-25)15-11-21(2,3)12-18(16(15)13-24)26(7-5-22)8-6-23/h4H,1,7-12H2,2-3H3/b17-15-. The predicted octanol–water partition coefficient (Wildman–Crippen LogP) is 2.03. The molecule has 0 atom stereocenters. The van der Waals surface area contributed by atoms with Crippen LogP contribution in [0.3, 0.4) is 0 Å². The molecule has 1 aliphatic rings.